The number of carbonyl (C=O) groups is 1. The zero-order valence-electron chi connectivity index (χ0n) is 18.1. The lowest BCUT2D eigenvalue weighted by Gasteiger charge is -2.16. The van der Waals surface area contributed by atoms with E-state index in [-0.39, 0.29) is 21.5 Å². The molecule has 9 heteroatoms. The summed E-state index contributed by atoms with van der Waals surface area (Å²) in [5.74, 6) is -0.444. The lowest BCUT2D eigenvalue weighted by atomic mass is 10.1. The van der Waals surface area contributed by atoms with Gasteiger partial charge in [0.1, 0.15) is 0 Å². The molecule has 1 unspecified atom stereocenters. The number of carbonyl (C=O) groups excluding carboxylic acids is 1. The van der Waals surface area contributed by atoms with Gasteiger partial charge in [-0.05, 0) is 55.7 Å². The second-order valence-corrected chi connectivity index (χ2v) is 9.77. The molecule has 0 radical (unpaired) electrons. The number of rotatable bonds is 10. The van der Waals surface area contributed by atoms with Crippen LogP contribution in [0.2, 0.25) is 5.02 Å². The van der Waals surface area contributed by atoms with Gasteiger partial charge in [-0.2, -0.15) is 0 Å². The van der Waals surface area contributed by atoms with Crippen LogP contribution in [0.1, 0.15) is 42.6 Å². The van der Waals surface area contributed by atoms with Crippen molar-refractivity contribution in [3.8, 4) is 0 Å². The molecule has 0 saturated heterocycles. The summed E-state index contributed by atoms with van der Waals surface area (Å²) in [7, 11) is -3.89. The normalized spacial score (nSPS) is 12.3. The number of sulfonamides is 1. The maximum Gasteiger partial charge on any atom is 0.261 e. The number of aromatic nitrogens is 2. The van der Waals surface area contributed by atoms with Crippen LogP contribution < -0.4 is 10.0 Å². The van der Waals surface area contributed by atoms with Crippen molar-refractivity contribution in [2.24, 2.45) is 0 Å². The van der Waals surface area contributed by atoms with E-state index in [2.05, 4.69) is 21.9 Å². The molecule has 1 aromatic heterocycles. The molecule has 170 valence electrons. The first-order valence-corrected chi connectivity index (χ1v) is 12.3. The molecular formula is C23H27ClN4O3S. The average Bonchev–Trinajstić information content (AvgIpc) is 3.26. The number of anilines is 1. The zero-order chi connectivity index (χ0) is 23.1. The maximum atomic E-state index is 12.9. The predicted octanol–water partition coefficient (Wildman–Crippen LogP) is 4.50. The third-order valence-corrected chi connectivity index (χ3v) is 6.65. The van der Waals surface area contributed by atoms with Gasteiger partial charge in [-0.15, -0.1) is 0 Å². The van der Waals surface area contributed by atoms with Crippen molar-refractivity contribution in [3.63, 3.8) is 0 Å². The van der Waals surface area contributed by atoms with Crippen LogP contribution in [0.4, 0.5) is 5.69 Å². The molecule has 0 saturated carbocycles. The third-order valence-electron chi connectivity index (χ3n) is 4.94. The lowest BCUT2D eigenvalue weighted by molar-refractivity contribution is 0.0936. The topological polar surface area (TPSA) is 93.1 Å². The van der Waals surface area contributed by atoms with Crippen LogP contribution in [0.15, 0.2) is 66.1 Å². The fourth-order valence-corrected chi connectivity index (χ4v) is 4.53. The Morgan fingerprint density at radius 2 is 1.94 bits per heavy atom. The van der Waals surface area contributed by atoms with Crippen LogP contribution in [-0.2, 0) is 23.0 Å². The van der Waals surface area contributed by atoms with E-state index in [4.69, 9.17) is 11.6 Å². The Balaban J connectivity index is 1.72. The standard InChI is InChI=1S/C23H27ClN4O3S/c1-3-4-5-18-6-8-19(9-7-18)27-32(30,31)20-10-11-22(24)21(14-20)23(29)26-17(2)15-28-13-12-25-16-28/h6-14,16-17,27H,3-5,15H2,1-2H3,(H,26,29). The van der Waals surface area contributed by atoms with Gasteiger partial charge in [0.15, 0.2) is 0 Å². The summed E-state index contributed by atoms with van der Waals surface area (Å²) in [6.45, 7) is 4.50. The molecule has 3 rings (SSSR count). The minimum Gasteiger partial charge on any atom is -0.348 e. The molecule has 0 aliphatic heterocycles. The molecule has 0 bridgehead atoms. The van der Waals surface area contributed by atoms with Crippen molar-refractivity contribution in [1.82, 2.24) is 14.9 Å². The number of nitrogens with zero attached hydrogens (tertiary/aromatic N) is 2. The highest BCUT2D eigenvalue weighted by Crippen LogP contribution is 2.23. The molecule has 3 aromatic rings. The molecule has 0 aliphatic carbocycles. The van der Waals surface area contributed by atoms with E-state index in [9.17, 15) is 13.2 Å². The van der Waals surface area contributed by atoms with Crippen LogP contribution in [0.5, 0.6) is 0 Å². The first-order valence-electron chi connectivity index (χ1n) is 10.5. The molecular weight excluding hydrogens is 448 g/mol. The zero-order valence-corrected chi connectivity index (χ0v) is 19.7. The monoisotopic (exact) mass is 474 g/mol. The molecule has 1 amide bonds. The molecule has 0 aliphatic rings. The van der Waals surface area contributed by atoms with Crippen molar-refractivity contribution in [3.05, 3.63) is 77.3 Å². The van der Waals surface area contributed by atoms with Crippen molar-refractivity contribution in [2.75, 3.05) is 4.72 Å². The van der Waals surface area contributed by atoms with Crippen LogP contribution in [-0.4, -0.2) is 29.9 Å². The number of halogens is 1. The molecule has 2 aromatic carbocycles. The molecule has 7 nitrogen and oxygen atoms in total. The van der Waals surface area contributed by atoms with Crippen molar-refractivity contribution >= 4 is 33.2 Å². The minimum absolute atomic E-state index is 0.0376. The molecule has 1 atom stereocenters. The minimum atomic E-state index is -3.89. The Morgan fingerprint density at radius 3 is 2.59 bits per heavy atom. The second-order valence-electron chi connectivity index (χ2n) is 7.68. The number of hydrogen-bond donors (Lipinski definition) is 2. The largest absolute Gasteiger partial charge is 0.348 e. The summed E-state index contributed by atoms with van der Waals surface area (Å²) in [4.78, 5) is 16.7. The molecule has 0 fully saturated rings. The van der Waals surface area contributed by atoms with E-state index in [1.807, 2.05) is 23.6 Å². The van der Waals surface area contributed by atoms with Crippen molar-refractivity contribution in [1.29, 1.82) is 0 Å². The highest BCUT2D eigenvalue weighted by Gasteiger charge is 2.20. The summed E-state index contributed by atoms with van der Waals surface area (Å²) >= 11 is 6.20. The van der Waals surface area contributed by atoms with E-state index < -0.39 is 15.9 Å². The summed E-state index contributed by atoms with van der Waals surface area (Å²) in [6, 6.07) is 11.2. The summed E-state index contributed by atoms with van der Waals surface area (Å²) in [5, 5.41) is 3.02. The Kier molecular flexibility index (Phi) is 7.93. The summed E-state index contributed by atoms with van der Waals surface area (Å²) in [6.07, 6.45) is 8.25. The Labute approximate surface area is 193 Å². The highest BCUT2D eigenvalue weighted by molar-refractivity contribution is 7.92. The highest BCUT2D eigenvalue weighted by atomic mass is 35.5. The number of hydrogen-bond acceptors (Lipinski definition) is 4. The van der Waals surface area contributed by atoms with Gasteiger partial charge >= 0.3 is 0 Å². The smallest absolute Gasteiger partial charge is 0.261 e. The Morgan fingerprint density at radius 1 is 1.19 bits per heavy atom. The van der Waals surface area contributed by atoms with Gasteiger partial charge in [0.05, 0.1) is 21.8 Å². The predicted molar refractivity (Wildman–Crippen MR) is 126 cm³/mol. The summed E-state index contributed by atoms with van der Waals surface area (Å²) < 4.78 is 30.2. The molecule has 1 heterocycles. The number of imidazole rings is 1. The van der Waals surface area contributed by atoms with E-state index in [0.717, 1.165) is 24.8 Å². The van der Waals surface area contributed by atoms with Gasteiger partial charge in [-0.3, -0.25) is 9.52 Å². The van der Waals surface area contributed by atoms with Crippen LogP contribution in [0.3, 0.4) is 0 Å². The van der Waals surface area contributed by atoms with Gasteiger partial charge < -0.3 is 9.88 Å². The van der Waals surface area contributed by atoms with Crippen LogP contribution in [0, 0.1) is 0 Å². The van der Waals surface area contributed by atoms with Crippen molar-refractivity contribution < 1.29 is 13.2 Å². The fourth-order valence-electron chi connectivity index (χ4n) is 3.24. The number of unbranched alkanes of at least 4 members (excludes halogenated alkanes) is 1. The lowest BCUT2D eigenvalue weighted by Crippen LogP contribution is -2.35. The van der Waals surface area contributed by atoms with E-state index in [1.165, 1.54) is 18.2 Å². The molecule has 32 heavy (non-hydrogen) atoms. The number of nitrogens with one attached hydrogen (secondary N) is 2. The number of benzene rings is 2. The van der Waals surface area contributed by atoms with Gasteiger partial charge in [-0.25, -0.2) is 13.4 Å². The van der Waals surface area contributed by atoms with E-state index in [1.54, 1.807) is 30.9 Å². The first kappa shape index (κ1) is 23.8. The van der Waals surface area contributed by atoms with Gasteiger partial charge in [0.2, 0.25) is 0 Å². The van der Waals surface area contributed by atoms with Gasteiger partial charge in [0, 0.05) is 30.7 Å². The van der Waals surface area contributed by atoms with Gasteiger partial charge in [0.25, 0.3) is 15.9 Å². The molecule has 2 N–H and O–H groups in total. The Bertz CT molecular complexity index is 1150. The first-order chi connectivity index (χ1) is 15.3. The second kappa shape index (κ2) is 10.7. The van der Waals surface area contributed by atoms with Gasteiger partial charge in [-0.1, -0.05) is 37.1 Å². The van der Waals surface area contributed by atoms with Crippen LogP contribution in [0.25, 0.3) is 0 Å². The maximum absolute atomic E-state index is 12.9. The average molecular weight is 475 g/mol. The third kappa shape index (κ3) is 6.34. The summed E-state index contributed by atoms with van der Waals surface area (Å²) in [5.41, 5.74) is 1.71. The fraction of sp³-hybridized carbons (Fsp3) is 0.304. The van der Waals surface area contributed by atoms with Crippen LogP contribution >= 0.6 is 11.6 Å². The number of aryl methyl sites for hydroxylation is 1. The van der Waals surface area contributed by atoms with E-state index >= 15 is 0 Å². The number of amides is 1. The van der Waals surface area contributed by atoms with E-state index in [0.29, 0.717) is 12.2 Å². The quantitative estimate of drug-likeness (QED) is 0.452. The SMILES string of the molecule is CCCCc1ccc(NS(=O)(=O)c2ccc(Cl)c(C(=O)NC(C)Cn3ccnc3)c2)cc1. The molecule has 0 spiro atoms. The Hall–Kier alpha value is -2.84. The van der Waals surface area contributed by atoms with Crippen molar-refractivity contribution in [2.45, 2.75) is 50.6 Å².